The summed E-state index contributed by atoms with van der Waals surface area (Å²) in [5.41, 5.74) is 0.440. The number of hydrogen-bond donors (Lipinski definition) is 1. The van der Waals surface area contributed by atoms with Crippen LogP contribution >= 0.6 is 0 Å². The number of carbonyl (C=O) groups excluding carboxylic acids is 2. The van der Waals surface area contributed by atoms with Gasteiger partial charge in [0.25, 0.3) is 5.91 Å². The van der Waals surface area contributed by atoms with Crippen LogP contribution in [0.3, 0.4) is 0 Å². The Morgan fingerprint density at radius 1 is 1.19 bits per heavy atom. The summed E-state index contributed by atoms with van der Waals surface area (Å²) < 4.78 is 4.71. The van der Waals surface area contributed by atoms with Gasteiger partial charge in [-0.3, -0.25) is 14.6 Å². The number of rotatable bonds is 2. The summed E-state index contributed by atoms with van der Waals surface area (Å²) in [5, 5.41) is 8.69. The fourth-order valence-corrected chi connectivity index (χ4v) is 2.84. The van der Waals surface area contributed by atoms with E-state index in [1.165, 1.54) is 9.80 Å². The van der Waals surface area contributed by atoms with Gasteiger partial charge in [0.1, 0.15) is 0 Å². The van der Waals surface area contributed by atoms with E-state index in [9.17, 15) is 14.4 Å². The minimum absolute atomic E-state index is 0.223. The standard InChI is InChI=1S/C14H14N2O5/c17-12(9-4-2-1-3-5-9)16-10-6-7-11(21-14(19)20)15(8-10)13(16)18/h1-5,10-11H,6-8H2,(H,19,20)/t10-,11?/m1/s1. The van der Waals surface area contributed by atoms with E-state index >= 15 is 0 Å². The fourth-order valence-electron chi connectivity index (χ4n) is 2.84. The van der Waals surface area contributed by atoms with Crippen molar-refractivity contribution in [3.8, 4) is 0 Å². The predicted octanol–water partition coefficient (Wildman–Crippen LogP) is 1.75. The molecule has 1 aromatic carbocycles. The molecule has 2 saturated heterocycles. The highest BCUT2D eigenvalue weighted by Crippen LogP contribution is 2.31. The molecule has 2 atom stereocenters. The van der Waals surface area contributed by atoms with E-state index in [-0.39, 0.29) is 11.9 Å². The first-order valence-corrected chi connectivity index (χ1v) is 6.66. The zero-order chi connectivity index (χ0) is 15.0. The van der Waals surface area contributed by atoms with Crippen LogP contribution in [-0.2, 0) is 4.74 Å². The number of piperidine rings is 1. The fraction of sp³-hybridized carbons (Fsp3) is 0.357. The van der Waals surface area contributed by atoms with E-state index in [2.05, 4.69) is 0 Å². The number of urea groups is 1. The van der Waals surface area contributed by atoms with Gasteiger partial charge in [-0.15, -0.1) is 0 Å². The largest absolute Gasteiger partial charge is 0.507 e. The van der Waals surface area contributed by atoms with Crippen molar-refractivity contribution in [2.75, 3.05) is 6.54 Å². The van der Waals surface area contributed by atoms with E-state index in [0.717, 1.165) is 0 Å². The molecule has 2 heterocycles. The predicted molar refractivity (Wildman–Crippen MR) is 70.6 cm³/mol. The molecule has 0 aromatic heterocycles. The third kappa shape index (κ3) is 2.31. The van der Waals surface area contributed by atoms with Crippen molar-refractivity contribution < 1.29 is 24.2 Å². The number of nitrogens with zero attached hydrogens (tertiary/aromatic N) is 2. The molecule has 2 bridgehead atoms. The molecule has 0 aliphatic carbocycles. The SMILES string of the molecule is O=C(O)OC1CC[C@@H]2CN1C(=O)N2C(=O)c1ccccc1. The molecular weight excluding hydrogens is 276 g/mol. The number of amides is 3. The van der Waals surface area contributed by atoms with Crippen LogP contribution in [0.15, 0.2) is 30.3 Å². The lowest BCUT2D eigenvalue weighted by atomic mass is 10.1. The Kier molecular flexibility index (Phi) is 3.25. The molecular formula is C14H14N2O5. The number of imide groups is 1. The highest BCUT2D eigenvalue weighted by atomic mass is 16.7. The number of carboxylic acid groups (broad SMARTS) is 1. The smallest absolute Gasteiger partial charge is 0.450 e. The van der Waals surface area contributed by atoms with E-state index < -0.39 is 18.4 Å². The number of hydrogen-bond acceptors (Lipinski definition) is 4. The van der Waals surface area contributed by atoms with E-state index in [1.807, 2.05) is 0 Å². The molecule has 0 saturated carbocycles. The van der Waals surface area contributed by atoms with Gasteiger partial charge in [0.15, 0.2) is 6.23 Å². The molecule has 2 fully saturated rings. The molecule has 3 amide bonds. The molecule has 7 heteroatoms. The minimum Gasteiger partial charge on any atom is -0.450 e. The molecule has 1 aromatic rings. The topological polar surface area (TPSA) is 87.2 Å². The quantitative estimate of drug-likeness (QED) is 0.838. The Morgan fingerprint density at radius 2 is 1.90 bits per heavy atom. The maximum Gasteiger partial charge on any atom is 0.507 e. The summed E-state index contributed by atoms with van der Waals surface area (Å²) in [7, 11) is 0. The average molecular weight is 290 g/mol. The summed E-state index contributed by atoms with van der Waals surface area (Å²) in [4.78, 5) is 38.0. The van der Waals surface area contributed by atoms with Gasteiger partial charge < -0.3 is 9.84 Å². The summed E-state index contributed by atoms with van der Waals surface area (Å²) in [6.07, 6.45) is -1.28. The molecule has 2 aliphatic heterocycles. The van der Waals surface area contributed by atoms with Crippen molar-refractivity contribution in [3.63, 3.8) is 0 Å². The van der Waals surface area contributed by atoms with Crippen LogP contribution in [0.25, 0.3) is 0 Å². The summed E-state index contributed by atoms with van der Waals surface area (Å²) in [6.45, 7) is 0.315. The highest BCUT2D eigenvalue weighted by molar-refractivity contribution is 6.05. The number of ether oxygens (including phenoxy) is 1. The maximum atomic E-state index is 12.5. The van der Waals surface area contributed by atoms with Crippen LogP contribution in [0.2, 0.25) is 0 Å². The molecule has 0 spiro atoms. The average Bonchev–Trinajstić information content (AvgIpc) is 2.74. The monoisotopic (exact) mass is 290 g/mol. The molecule has 110 valence electrons. The van der Waals surface area contributed by atoms with E-state index in [0.29, 0.717) is 24.9 Å². The third-order valence-electron chi connectivity index (χ3n) is 3.80. The zero-order valence-corrected chi connectivity index (χ0v) is 11.1. The van der Waals surface area contributed by atoms with Crippen LogP contribution in [0.5, 0.6) is 0 Å². The van der Waals surface area contributed by atoms with Gasteiger partial charge in [-0.25, -0.2) is 9.59 Å². The lowest BCUT2D eigenvalue weighted by Gasteiger charge is -2.28. The van der Waals surface area contributed by atoms with Gasteiger partial charge in [0.2, 0.25) is 0 Å². The molecule has 3 rings (SSSR count). The Bertz CT molecular complexity index is 588. The van der Waals surface area contributed by atoms with Crippen LogP contribution in [0.4, 0.5) is 9.59 Å². The van der Waals surface area contributed by atoms with Crippen molar-refractivity contribution in [3.05, 3.63) is 35.9 Å². The number of benzene rings is 1. The van der Waals surface area contributed by atoms with Gasteiger partial charge in [-0.05, 0) is 18.6 Å². The van der Waals surface area contributed by atoms with Crippen molar-refractivity contribution in [1.82, 2.24) is 9.80 Å². The van der Waals surface area contributed by atoms with E-state index in [4.69, 9.17) is 9.84 Å². The first kappa shape index (κ1) is 13.4. The second-order valence-electron chi connectivity index (χ2n) is 5.05. The lowest BCUT2D eigenvalue weighted by molar-refractivity contribution is -0.0248. The normalized spacial score (nSPS) is 24.1. The summed E-state index contributed by atoms with van der Waals surface area (Å²) in [5.74, 6) is -0.357. The van der Waals surface area contributed by atoms with Crippen molar-refractivity contribution in [1.29, 1.82) is 0 Å². The van der Waals surface area contributed by atoms with Gasteiger partial charge in [0.05, 0.1) is 6.04 Å². The van der Waals surface area contributed by atoms with E-state index in [1.54, 1.807) is 30.3 Å². The van der Waals surface area contributed by atoms with Crippen molar-refractivity contribution in [2.24, 2.45) is 0 Å². The zero-order valence-electron chi connectivity index (χ0n) is 11.1. The Labute approximate surface area is 120 Å². The molecule has 2 aliphatic rings. The van der Waals surface area contributed by atoms with Crippen molar-refractivity contribution in [2.45, 2.75) is 25.1 Å². The second kappa shape index (κ2) is 5.08. The van der Waals surface area contributed by atoms with Crippen LogP contribution in [-0.4, -0.2) is 51.8 Å². The maximum absolute atomic E-state index is 12.5. The lowest BCUT2D eigenvalue weighted by Crippen LogP contribution is -2.42. The molecule has 7 nitrogen and oxygen atoms in total. The first-order valence-electron chi connectivity index (χ1n) is 6.66. The van der Waals surface area contributed by atoms with Crippen molar-refractivity contribution >= 4 is 18.1 Å². The molecule has 1 unspecified atom stereocenters. The molecule has 0 radical (unpaired) electrons. The van der Waals surface area contributed by atoms with Gasteiger partial charge >= 0.3 is 12.2 Å². The van der Waals surface area contributed by atoms with Crippen LogP contribution in [0, 0.1) is 0 Å². The number of carbonyl (C=O) groups is 3. The van der Waals surface area contributed by atoms with Gasteiger partial charge in [0, 0.05) is 18.5 Å². The van der Waals surface area contributed by atoms with Crippen LogP contribution in [0.1, 0.15) is 23.2 Å². The Morgan fingerprint density at radius 3 is 2.57 bits per heavy atom. The molecule has 1 N–H and O–H groups in total. The van der Waals surface area contributed by atoms with Gasteiger partial charge in [-0.1, -0.05) is 18.2 Å². The minimum atomic E-state index is -1.42. The Hall–Kier alpha value is -2.57. The summed E-state index contributed by atoms with van der Waals surface area (Å²) in [6, 6.07) is 7.85. The first-order chi connectivity index (χ1) is 10.1. The number of fused-ring (bicyclic) bond motifs is 2. The third-order valence-corrected chi connectivity index (χ3v) is 3.80. The Balaban J connectivity index is 1.82. The second-order valence-corrected chi connectivity index (χ2v) is 5.05. The van der Waals surface area contributed by atoms with Crippen LogP contribution < -0.4 is 0 Å². The van der Waals surface area contributed by atoms with Gasteiger partial charge in [-0.2, -0.15) is 0 Å². The molecule has 21 heavy (non-hydrogen) atoms. The summed E-state index contributed by atoms with van der Waals surface area (Å²) >= 11 is 0. The highest BCUT2D eigenvalue weighted by Gasteiger charge is 2.48.